The molecule has 2 aromatic carbocycles. The van der Waals surface area contributed by atoms with Gasteiger partial charge in [-0.3, -0.25) is 13.9 Å². The number of anilines is 1. The Morgan fingerprint density at radius 2 is 1.64 bits per heavy atom. The first-order valence-electron chi connectivity index (χ1n) is 12.4. The van der Waals surface area contributed by atoms with Crippen LogP contribution in [0.3, 0.4) is 0 Å². The Balaban J connectivity index is 2.14. The maximum Gasteiger partial charge on any atom is 0.242 e. The lowest BCUT2D eigenvalue weighted by atomic mass is 10.1. The molecule has 0 aliphatic carbocycles. The molecule has 0 fully saturated rings. The monoisotopic (exact) mass is 519 g/mol. The fourth-order valence-corrected chi connectivity index (χ4v) is 4.90. The van der Waals surface area contributed by atoms with Crippen molar-refractivity contribution in [1.29, 1.82) is 0 Å². The maximum absolute atomic E-state index is 13.3. The summed E-state index contributed by atoms with van der Waals surface area (Å²) in [7, 11) is -3.62. The lowest BCUT2D eigenvalue weighted by Crippen LogP contribution is -2.50. The van der Waals surface area contributed by atoms with E-state index in [0.717, 1.165) is 11.8 Å². The van der Waals surface area contributed by atoms with Gasteiger partial charge in [0.1, 0.15) is 11.9 Å². The number of sulfonamides is 1. The van der Waals surface area contributed by atoms with E-state index in [0.29, 0.717) is 31.6 Å². The van der Waals surface area contributed by atoms with Gasteiger partial charge < -0.3 is 10.2 Å². The highest BCUT2D eigenvalue weighted by atomic mass is 32.2. The third-order valence-electron chi connectivity index (χ3n) is 5.82. The highest BCUT2D eigenvalue weighted by Gasteiger charge is 2.28. The zero-order chi connectivity index (χ0) is 26.7. The van der Waals surface area contributed by atoms with Crippen molar-refractivity contribution in [2.45, 2.75) is 52.5 Å². The second-order valence-corrected chi connectivity index (χ2v) is 11.2. The van der Waals surface area contributed by atoms with Gasteiger partial charge in [-0.1, -0.05) is 51.1 Å². The minimum atomic E-state index is -3.62. The number of nitrogens with zero attached hydrogens (tertiary/aromatic N) is 2. The molecule has 0 aliphatic rings. The molecule has 0 aromatic heterocycles. The Morgan fingerprint density at radius 1 is 1.00 bits per heavy atom. The molecule has 2 rings (SSSR count). The minimum Gasteiger partial charge on any atom is -0.354 e. The minimum absolute atomic E-state index is 0.0685. The Bertz CT molecular complexity index is 1080. The topological polar surface area (TPSA) is 86.8 Å². The smallest absolute Gasteiger partial charge is 0.242 e. The predicted octanol–water partition coefficient (Wildman–Crippen LogP) is 3.99. The zero-order valence-electron chi connectivity index (χ0n) is 21.6. The van der Waals surface area contributed by atoms with Crippen LogP contribution < -0.4 is 9.62 Å². The van der Waals surface area contributed by atoms with Crippen molar-refractivity contribution >= 4 is 27.5 Å². The molecule has 1 N–H and O–H groups in total. The number of halogens is 1. The summed E-state index contributed by atoms with van der Waals surface area (Å²) < 4.78 is 39.2. The molecule has 0 saturated carbocycles. The zero-order valence-corrected chi connectivity index (χ0v) is 22.4. The summed E-state index contributed by atoms with van der Waals surface area (Å²) in [6, 6.07) is 14.3. The summed E-state index contributed by atoms with van der Waals surface area (Å²) in [6.45, 7) is 6.87. The van der Waals surface area contributed by atoms with Crippen molar-refractivity contribution in [3.8, 4) is 0 Å². The summed E-state index contributed by atoms with van der Waals surface area (Å²) >= 11 is 0. The van der Waals surface area contributed by atoms with Crippen LogP contribution in [0.2, 0.25) is 0 Å². The second-order valence-electron chi connectivity index (χ2n) is 9.30. The van der Waals surface area contributed by atoms with Crippen LogP contribution in [0.4, 0.5) is 10.1 Å². The van der Waals surface area contributed by atoms with E-state index in [9.17, 15) is 22.4 Å². The van der Waals surface area contributed by atoms with E-state index in [1.165, 1.54) is 28.6 Å². The number of nitrogens with one attached hydrogen (secondary N) is 1. The second kappa shape index (κ2) is 14.0. The molecule has 198 valence electrons. The first-order valence-corrected chi connectivity index (χ1v) is 14.2. The molecular formula is C27H38FN3O4S. The molecule has 0 saturated heterocycles. The SMILES string of the molecule is CC[C@@H](C(=O)NCC(C)C)N(CCc1ccccc1)C(=O)CCCN(c1ccc(F)cc1)S(C)(=O)=O. The van der Waals surface area contributed by atoms with Gasteiger partial charge in [0.2, 0.25) is 21.8 Å². The number of carbonyl (C=O) groups is 2. The number of hydrogen-bond acceptors (Lipinski definition) is 4. The number of hydrogen-bond donors (Lipinski definition) is 1. The van der Waals surface area contributed by atoms with E-state index in [-0.39, 0.29) is 37.1 Å². The Kier molecular flexibility index (Phi) is 11.4. The van der Waals surface area contributed by atoms with Gasteiger partial charge in [-0.25, -0.2) is 12.8 Å². The van der Waals surface area contributed by atoms with Gasteiger partial charge in [0.25, 0.3) is 0 Å². The molecule has 2 aromatic rings. The molecule has 0 aliphatic heterocycles. The standard InChI is InChI=1S/C27H38FN3O4S/c1-5-25(27(33)29-20-21(2)3)30(19-17-22-10-7-6-8-11-22)26(32)12-9-18-31(36(4,34)35)24-15-13-23(28)14-16-24/h6-8,10-11,13-16,21,25H,5,9,12,17-20H2,1-4H3,(H,29,33)/t25-/m0/s1. The molecule has 0 spiro atoms. The Hall–Kier alpha value is -2.94. The van der Waals surface area contributed by atoms with Gasteiger partial charge in [0.05, 0.1) is 11.9 Å². The van der Waals surface area contributed by atoms with Crippen molar-refractivity contribution in [1.82, 2.24) is 10.2 Å². The van der Waals surface area contributed by atoms with E-state index < -0.39 is 21.9 Å². The molecule has 1 atom stereocenters. The van der Waals surface area contributed by atoms with Gasteiger partial charge in [0.15, 0.2) is 0 Å². The quantitative estimate of drug-likeness (QED) is 0.409. The third-order valence-corrected chi connectivity index (χ3v) is 7.02. The molecule has 0 bridgehead atoms. The van der Waals surface area contributed by atoms with E-state index in [1.54, 1.807) is 4.90 Å². The van der Waals surface area contributed by atoms with Gasteiger partial charge in [-0.2, -0.15) is 0 Å². The van der Waals surface area contributed by atoms with Crippen LogP contribution in [0.5, 0.6) is 0 Å². The fourth-order valence-electron chi connectivity index (χ4n) is 3.93. The summed E-state index contributed by atoms with van der Waals surface area (Å²) in [5.41, 5.74) is 1.40. The van der Waals surface area contributed by atoms with Crippen molar-refractivity contribution in [2.24, 2.45) is 5.92 Å². The van der Waals surface area contributed by atoms with Crippen molar-refractivity contribution in [2.75, 3.05) is 30.2 Å². The summed E-state index contributed by atoms with van der Waals surface area (Å²) in [5.74, 6) is -0.562. The molecule has 0 unspecified atom stereocenters. The first-order chi connectivity index (χ1) is 17.0. The molecule has 0 heterocycles. The summed E-state index contributed by atoms with van der Waals surface area (Å²) in [4.78, 5) is 27.9. The van der Waals surface area contributed by atoms with E-state index in [2.05, 4.69) is 5.32 Å². The number of benzene rings is 2. The van der Waals surface area contributed by atoms with E-state index in [1.807, 2.05) is 51.1 Å². The largest absolute Gasteiger partial charge is 0.354 e. The van der Waals surface area contributed by atoms with Crippen LogP contribution in [0.1, 0.15) is 45.6 Å². The van der Waals surface area contributed by atoms with Crippen LogP contribution in [-0.4, -0.2) is 57.1 Å². The molecular weight excluding hydrogens is 481 g/mol. The predicted molar refractivity (Wildman–Crippen MR) is 142 cm³/mol. The molecule has 7 nitrogen and oxygen atoms in total. The van der Waals surface area contributed by atoms with Crippen LogP contribution in [0.25, 0.3) is 0 Å². The number of amides is 2. The highest BCUT2D eigenvalue weighted by Crippen LogP contribution is 2.19. The Morgan fingerprint density at radius 3 is 2.19 bits per heavy atom. The lowest BCUT2D eigenvalue weighted by Gasteiger charge is -2.31. The number of carbonyl (C=O) groups excluding carboxylic acids is 2. The molecule has 9 heteroatoms. The lowest BCUT2D eigenvalue weighted by molar-refractivity contribution is -0.140. The van der Waals surface area contributed by atoms with Crippen LogP contribution in [-0.2, 0) is 26.0 Å². The average Bonchev–Trinajstić information content (AvgIpc) is 2.83. The van der Waals surface area contributed by atoms with E-state index in [4.69, 9.17) is 0 Å². The van der Waals surface area contributed by atoms with Gasteiger partial charge in [-0.15, -0.1) is 0 Å². The fraction of sp³-hybridized carbons (Fsp3) is 0.481. The summed E-state index contributed by atoms with van der Waals surface area (Å²) in [5, 5.41) is 2.94. The third kappa shape index (κ3) is 9.26. The average molecular weight is 520 g/mol. The van der Waals surface area contributed by atoms with Gasteiger partial charge in [-0.05, 0) is 55.0 Å². The highest BCUT2D eigenvalue weighted by molar-refractivity contribution is 7.92. The molecule has 2 amide bonds. The van der Waals surface area contributed by atoms with Crippen LogP contribution in [0, 0.1) is 11.7 Å². The van der Waals surface area contributed by atoms with Crippen molar-refractivity contribution < 1.29 is 22.4 Å². The van der Waals surface area contributed by atoms with Crippen molar-refractivity contribution in [3.63, 3.8) is 0 Å². The first kappa shape index (κ1) is 29.3. The van der Waals surface area contributed by atoms with Crippen LogP contribution in [0.15, 0.2) is 54.6 Å². The maximum atomic E-state index is 13.3. The normalized spacial score (nSPS) is 12.3. The number of rotatable bonds is 14. The van der Waals surface area contributed by atoms with Crippen LogP contribution >= 0.6 is 0 Å². The van der Waals surface area contributed by atoms with E-state index >= 15 is 0 Å². The molecule has 0 radical (unpaired) electrons. The molecule has 36 heavy (non-hydrogen) atoms. The summed E-state index contributed by atoms with van der Waals surface area (Å²) in [6.07, 6.45) is 2.49. The van der Waals surface area contributed by atoms with Gasteiger partial charge >= 0.3 is 0 Å². The van der Waals surface area contributed by atoms with Gasteiger partial charge in [0, 0.05) is 26.1 Å². The van der Waals surface area contributed by atoms with Crippen molar-refractivity contribution in [3.05, 3.63) is 66.0 Å². The Labute approximate surface area is 214 Å².